The number of rotatable bonds is 6. The molecule has 0 aliphatic heterocycles. The van der Waals surface area contributed by atoms with Crippen LogP contribution in [-0.4, -0.2) is 25.6 Å². The van der Waals surface area contributed by atoms with Crippen LogP contribution in [0.5, 0.6) is 0 Å². The van der Waals surface area contributed by atoms with Gasteiger partial charge in [0.2, 0.25) is 5.91 Å². The maximum Gasteiger partial charge on any atom is 0.233 e. The Morgan fingerprint density at radius 2 is 1.89 bits per heavy atom. The molecule has 0 aliphatic rings. The number of amides is 1. The second-order valence-corrected chi connectivity index (χ2v) is 9.73. The van der Waals surface area contributed by atoms with Crippen molar-refractivity contribution in [1.82, 2.24) is 4.98 Å². The van der Waals surface area contributed by atoms with Crippen LogP contribution in [0.3, 0.4) is 0 Å². The van der Waals surface area contributed by atoms with E-state index in [0.717, 1.165) is 16.7 Å². The van der Waals surface area contributed by atoms with Crippen LogP contribution in [0.4, 0.5) is 5.13 Å². The zero-order chi connectivity index (χ0) is 19.6. The molecule has 0 spiro atoms. The van der Waals surface area contributed by atoms with Crippen molar-refractivity contribution < 1.29 is 13.2 Å². The molecule has 0 aliphatic carbocycles. The summed E-state index contributed by atoms with van der Waals surface area (Å²) in [4.78, 5) is 17.7. The van der Waals surface area contributed by atoms with Gasteiger partial charge in [-0.3, -0.25) is 4.79 Å². The Bertz CT molecular complexity index is 1060. The summed E-state index contributed by atoms with van der Waals surface area (Å²) in [7, 11) is -3.28. The summed E-state index contributed by atoms with van der Waals surface area (Å²) in [5.41, 5.74) is 1.65. The summed E-state index contributed by atoms with van der Waals surface area (Å²) >= 11 is 1.28. The molecule has 3 aromatic rings. The average molecular weight is 403 g/mol. The van der Waals surface area contributed by atoms with Gasteiger partial charge < -0.3 is 5.32 Å². The maximum absolute atomic E-state index is 13.0. The van der Waals surface area contributed by atoms with Crippen LogP contribution in [0.1, 0.15) is 31.7 Å². The van der Waals surface area contributed by atoms with E-state index in [-0.39, 0.29) is 22.6 Å². The highest BCUT2D eigenvalue weighted by molar-refractivity contribution is 7.90. The molecule has 0 saturated heterocycles. The fourth-order valence-electron chi connectivity index (χ4n) is 3.01. The number of fused-ring (bicyclic) bond motifs is 1. The smallest absolute Gasteiger partial charge is 0.233 e. The zero-order valence-corrected chi connectivity index (χ0v) is 17.1. The number of aromatic nitrogens is 1. The lowest BCUT2D eigenvalue weighted by atomic mass is 9.85. The van der Waals surface area contributed by atoms with Crippen molar-refractivity contribution in [3.05, 3.63) is 54.1 Å². The van der Waals surface area contributed by atoms with E-state index in [0.29, 0.717) is 10.6 Å². The first-order valence-electron chi connectivity index (χ1n) is 8.76. The van der Waals surface area contributed by atoms with E-state index in [1.54, 1.807) is 12.1 Å². The molecule has 1 N–H and O–H groups in total. The molecular formula is C20H22N2O3S2. The molecule has 7 heteroatoms. The van der Waals surface area contributed by atoms with E-state index in [4.69, 9.17) is 0 Å². The predicted molar refractivity (Wildman–Crippen MR) is 110 cm³/mol. The Hall–Kier alpha value is -2.25. The van der Waals surface area contributed by atoms with Gasteiger partial charge in [-0.05, 0) is 29.7 Å². The molecule has 27 heavy (non-hydrogen) atoms. The summed E-state index contributed by atoms with van der Waals surface area (Å²) < 4.78 is 24.2. The van der Waals surface area contributed by atoms with E-state index in [9.17, 15) is 13.2 Å². The summed E-state index contributed by atoms with van der Waals surface area (Å²) in [5.74, 6) is -0.189. The first-order valence-corrected chi connectivity index (χ1v) is 11.5. The van der Waals surface area contributed by atoms with E-state index in [2.05, 4.69) is 24.1 Å². The van der Waals surface area contributed by atoms with Crippen LogP contribution in [0, 0.1) is 5.92 Å². The van der Waals surface area contributed by atoms with Gasteiger partial charge in [0.25, 0.3) is 0 Å². The van der Waals surface area contributed by atoms with Gasteiger partial charge in [0.05, 0.1) is 21.0 Å². The molecule has 0 radical (unpaired) electrons. The largest absolute Gasteiger partial charge is 0.301 e. The molecule has 3 rings (SSSR count). The Balaban J connectivity index is 1.89. The molecular weight excluding hydrogens is 380 g/mol. The second kappa shape index (κ2) is 7.78. The Morgan fingerprint density at radius 3 is 2.52 bits per heavy atom. The van der Waals surface area contributed by atoms with Gasteiger partial charge in [-0.15, -0.1) is 0 Å². The van der Waals surface area contributed by atoms with Crippen molar-refractivity contribution in [3.63, 3.8) is 0 Å². The molecule has 1 heterocycles. The fourth-order valence-corrected chi connectivity index (χ4v) is 4.64. The summed E-state index contributed by atoms with van der Waals surface area (Å²) in [6.07, 6.45) is 2.05. The van der Waals surface area contributed by atoms with Gasteiger partial charge in [-0.2, -0.15) is 0 Å². The van der Waals surface area contributed by atoms with Gasteiger partial charge in [0.15, 0.2) is 15.0 Å². The normalized spacial score (nSPS) is 14.0. The number of sulfone groups is 1. The van der Waals surface area contributed by atoms with Crippen LogP contribution in [0.15, 0.2) is 53.4 Å². The highest BCUT2D eigenvalue weighted by Gasteiger charge is 2.26. The minimum atomic E-state index is -3.28. The van der Waals surface area contributed by atoms with Crippen LogP contribution in [-0.2, 0) is 14.6 Å². The molecule has 5 nitrogen and oxygen atoms in total. The fraction of sp³-hybridized carbons (Fsp3) is 0.300. The third-order valence-corrected chi connectivity index (χ3v) is 6.72. The van der Waals surface area contributed by atoms with Crippen molar-refractivity contribution in [2.75, 3.05) is 11.6 Å². The number of anilines is 1. The SMILES string of the molecule is CCC(C)C(C(=O)Nc1nc2ccc(S(C)(=O)=O)cc2s1)c1ccccc1. The minimum absolute atomic E-state index is 0.0991. The quantitative estimate of drug-likeness (QED) is 0.660. The van der Waals surface area contributed by atoms with Crippen LogP contribution >= 0.6 is 11.3 Å². The molecule has 2 unspecified atom stereocenters. The van der Waals surface area contributed by atoms with E-state index >= 15 is 0 Å². The molecule has 2 aromatic carbocycles. The molecule has 1 aromatic heterocycles. The van der Waals surface area contributed by atoms with Crippen molar-refractivity contribution in [3.8, 4) is 0 Å². The number of carbonyl (C=O) groups is 1. The number of hydrogen-bond acceptors (Lipinski definition) is 5. The highest BCUT2D eigenvalue weighted by Crippen LogP contribution is 2.32. The Morgan fingerprint density at radius 1 is 1.19 bits per heavy atom. The van der Waals surface area contributed by atoms with Crippen molar-refractivity contribution in [2.45, 2.75) is 31.1 Å². The second-order valence-electron chi connectivity index (χ2n) is 6.68. The Labute approximate surface area is 163 Å². The lowest BCUT2D eigenvalue weighted by molar-refractivity contribution is -0.118. The Kier molecular flexibility index (Phi) is 5.62. The minimum Gasteiger partial charge on any atom is -0.301 e. The monoisotopic (exact) mass is 402 g/mol. The summed E-state index contributed by atoms with van der Waals surface area (Å²) in [5, 5.41) is 3.40. The standard InChI is InChI=1S/C20H22N2O3S2/c1-4-13(2)18(14-8-6-5-7-9-14)19(23)22-20-21-16-11-10-15(27(3,24)25)12-17(16)26-20/h5-13,18H,4H2,1-3H3,(H,21,22,23). The molecule has 142 valence electrons. The zero-order valence-electron chi connectivity index (χ0n) is 15.5. The van der Waals surface area contributed by atoms with Crippen LogP contribution < -0.4 is 5.32 Å². The third-order valence-electron chi connectivity index (χ3n) is 4.67. The first kappa shape index (κ1) is 19.5. The molecule has 0 fully saturated rings. The number of nitrogens with one attached hydrogen (secondary N) is 1. The number of carbonyl (C=O) groups excluding carboxylic acids is 1. The third kappa shape index (κ3) is 4.36. The molecule has 0 bridgehead atoms. The number of hydrogen-bond donors (Lipinski definition) is 1. The average Bonchev–Trinajstić information content (AvgIpc) is 3.03. The number of thiazole rings is 1. The van der Waals surface area contributed by atoms with Gasteiger partial charge in [0, 0.05) is 6.26 Å². The van der Waals surface area contributed by atoms with Crippen LogP contribution in [0.2, 0.25) is 0 Å². The highest BCUT2D eigenvalue weighted by atomic mass is 32.2. The van der Waals surface area contributed by atoms with E-state index in [1.807, 2.05) is 30.3 Å². The van der Waals surface area contributed by atoms with Crippen molar-refractivity contribution >= 4 is 42.4 Å². The van der Waals surface area contributed by atoms with Gasteiger partial charge in [-0.25, -0.2) is 13.4 Å². The van der Waals surface area contributed by atoms with Gasteiger partial charge >= 0.3 is 0 Å². The first-order chi connectivity index (χ1) is 12.8. The van der Waals surface area contributed by atoms with E-state index in [1.165, 1.54) is 23.7 Å². The number of nitrogens with zero attached hydrogens (tertiary/aromatic N) is 1. The lowest BCUT2D eigenvalue weighted by Crippen LogP contribution is -2.26. The lowest BCUT2D eigenvalue weighted by Gasteiger charge is -2.22. The van der Waals surface area contributed by atoms with Gasteiger partial charge in [-0.1, -0.05) is 61.9 Å². The van der Waals surface area contributed by atoms with Crippen molar-refractivity contribution in [2.24, 2.45) is 5.92 Å². The predicted octanol–water partition coefficient (Wildman–Crippen LogP) is 4.47. The maximum atomic E-state index is 13.0. The molecule has 0 saturated carbocycles. The molecule has 1 amide bonds. The van der Waals surface area contributed by atoms with E-state index < -0.39 is 9.84 Å². The van der Waals surface area contributed by atoms with Crippen LogP contribution in [0.25, 0.3) is 10.2 Å². The summed E-state index contributed by atoms with van der Waals surface area (Å²) in [6, 6.07) is 14.5. The van der Waals surface area contributed by atoms with Gasteiger partial charge in [0.1, 0.15) is 0 Å². The van der Waals surface area contributed by atoms with Crippen molar-refractivity contribution in [1.29, 1.82) is 0 Å². The molecule has 2 atom stereocenters. The topological polar surface area (TPSA) is 76.1 Å². The number of benzene rings is 2. The summed E-state index contributed by atoms with van der Waals surface area (Å²) in [6.45, 7) is 4.13.